The lowest BCUT2D eigenvalue weighted by molar-refractivity contribution is -0.755. The van der Waals surface area contributed by atoms with Crippen LogP contribution in [0.5, 0.6) is 0 Å². The molecule has 174 valence electrons. The van der Waals surface area contributed by atoms with Crippen molar-refractivity contribution in [2.75, 3.05) is 5.32 Å². The number of amidine groups is 1. The van der Waals surface area contributed by atoms with E-state index in [0.717, 1.165) is 29.1 Å². The van der Waals surface area contributed by atoms with E-state index >= 15 is 0 Å². The highest BCUT2D eigenvalue weighted by atomic mass is 19.4. The highest BCUT2D eigenvalue weighted by molar-refractivity contribution is 5.87. The highest BCUT2D eigenvalue weighted by Gasteiger charge is 2.30. The Morgan fingerprint density at radius 2 is 1.88 bits per heavy atom. The number of hydrogen-bond acceptors (Lipinski definition) is 8. The monoisotopic (exact) mass is 470 g/mol. The third kappa shape index (κ3) is 5.31. The first-order valence-electron chi connectivity index (χ1n) is 9.86. The number of hydrogen-bond donors (Lipinski definition) is 1. The van der Waals surface area contributed by atoms with E-state index in [2.05, 4.69) is 35.7 Å². The number of rotatable bonds is 5. The van der Waals surface area contributed by atoms with Crippen LogP contribution in [-0.4, -0.2) is 31.5 Å². The van der Waals surface area contributed by atoms with Crippen molar-refractivity contribution in [3.8, 4) is 11.3 Å². The summed E-state index contributed by atoms with van der Waals surface area (Å²) in [6.45, 7) is 3.91. The Bertz CT molecular complexity index is 1320. The minimum Gasteiger partial charge on any atom is -0.846 e. The smallest absolute Gasteiger partial charge is 0.416 e. The molecule has 0 aliphatic carbocycles. The first kappa shape index (κ1) is 22.8. The first-order chi connectivity index (χ1) is 16.2. The Kier molecular flexibility index (Phi) is 6.17. The summed E-state index contributed by atoms with van der Waals surface area (Å²) in [4.78, 5) is 12.0. The zero-order valence-corrected chi connectivity index (χ0v) is 17.9. The molecule has 0 amide bonds. The van der Waals surface area contributed by atoms with Crippen LogP contribution in [0.15, 0.2) is 58.4 Å². The second-order valence-corrected chi connectivity index (χ2v) is 7.19. The minimum atomic E-state index is -4.53. The highest BCUT2D eigenvalue weighted by Crippen LogP contribution is 2.30. The van der Waals surface area contributed by atoms with Crippen LogP contribution < -0.4 is 15.1 Å². The van der Waals surface area contributed by atoms with Crippen molar-refractivity contribution < 1.29 is 27.5 Å². The van der Waals surface area contributed by atoms with E-state index < -0.39 is 17.8 Å². The summed E-state index contributed by atoms with van der Waals surface area (Å²) in [6.07, 6.45) is -1.69. The molecule has 1 aromatic carbocycles. The molecule has 0 fully saturated rings. The number of aliphatic imine (C=N–C) groups is 1. The Morgan fingerprint density at radius 3 is 2.56 bits per heavy atom. The molecule has 0 unspecified atom stereocenters. The number of nitrogens with one attached hydrogen (secondary N) is 1. The van der Waals surface area contributed by atoms with Crippen LogP contribution in [0.3, 0.4) is 0 Å². The molecule has 0 saturated carbocycles. The summed E-state index contributed by atoms with van der Waals surface area (Å²) < 4.78 is 44.7. The van der Waals surface area contributed by atoms with Crippen molar-refractivity contribution in [1.29, 1.82) is 0 Å². The van der Waals surface area contributed by atoms with Gasteiger partial charge in [0.25, 0.3) is 6.20 Å². The van der Waals surface area contributed by atoms with E-state index in [-0.39, 0.29) is 18.1 Å². The number of anilines is 1. The van der Waals surface area contributed by atoms with Gasteiger partial charge in [-0.15, -0.1) is 10.2 Å². The fourth-order valence-electron chi connectivity index (χ4n) is 3.12. The predicted molar refractivity (Wildman–Crippen MR) is 110 cm³/mol. The standard InChI is InChI=1S/C21H17F3N8O2/c1-12-19(13(2)26-11-25-12)17-7-6-16(29-30-17)9-32-10-18(34-31-32)28-20(33)27-15-5-3-4-14(8-15)21(22,23)24/h3-8,10-11H,9H2,1-2H3,(H-,27,28,31,33). The number of aromatic nitrogens is 6. The van der Waals surface area contributed by atoms with Crippen LogP contribution >= 0.6 is 0 Å². The van der Waals surface area contributed by atoms with Gasteiger partial charge in [0.1, 0.15) is 12.0 Å². The number of aryl methyl sites for hydroxylation is 2. The average molecular weight is 470 g/mol. The van der Waals surface area contributed by atoms with Crippen LogP contribution in [0.2, 0.25) is 0 Å². The average Bonchev–Trinajstić information content (AvgIpc) is 3.21. The Balaban J connectivity index is 1.43. The lowest BCUT2D eigenvalue weighted by atomic mass is 10.1. The molecule has 0 aliphatic heterocycles. The van der Waals surface area contributed by atoms with Crippen LogP contribution in [0.4, 0.5) is 24.7 Å². The fourth-order valence-corrected chi connectivity index (χ4v) is 3.12. The molecule has 4 aromatic rings. The van der Waals surface area contributed by atoms with Crippen molar-refractivity contribution in [2.45, 2.75) is 26.6 Å². The topological polar surface area (TPSA) is 129 Å². The molecule has 1 N–H and O–H groups in total. The molecule has 3 heterocycles. The van der Waals surface area contributed by atoms with Gasteiger partial charge in [0.05, 0.1) is 28.7 Å². The molecule has 0 bridgehead atoms. The number of nitrogens with zero attached hydrogens (tertiary/aromatic N) is 7. The lowest BCUT2D eigenvalue weighted by Crippen LogP contribution is -2.35. The summed E-state index contributed by atoms with van der Waals surface area (Å²) >= 11 is 0. The summed E-state index contributed by atoms with van der Waals surface area (Å²) in [5.74, 6) is -0.137. The summed E-state index contributed by atoms with van der Waals surface area (Å²) in [6, 6.07) is 6.83. The molecular weight excluding hydrogens is 453 g/mol. The van der Waals surface area contributed by atoms with Crippen molar-refractivity contribution in [3.05, 3.63) is 71.6 Å². The van der Waals surface area contributed by atoms with Gasteiger partial charge in [-0.1, -0.05) is 6.07 Å². The zero-order valence-electron chi connectivity index (χ0n) is 17.9. The van der Waals surface area contributed by atoms with Gasteiger partial charge < -0.3 is 10.4 Å². The van der Waals surface area contributed by atoms with E-state index in [1.54, 1.807) is 12.1 Å². The van der Waals surface area contributed by atoms with E-state index in [1.165, 1.54) is 29.3 Å². The fraction of sp³-hybridized carbons (Fsp3) is 0.190. The second-order valence-electron chi connectivity index (χ2n) is 7.19. The predicted octanol–water partition coefficient (Wildman–Crippen LogP) is 2.35. The van der Waals surface area contributed by atoms with E-state index in [4.69, 9.17) is 4.52 Å². The molecule has 34 heavy (non-hydrogen) atoms. The maximum absolute atomic E-state index is 12.8. The normalized spacial score (nSPS) is 12.1. The van der Waals surface area contributed by atoms with Crippen LogP contribution in [0, 0.1) is 13.8 Å². The van der Waals surface area contributed by atoms with Gasteiger partial charge in [0, 0.05) is 11.3 Å². The molecule has 0 saturated heterocycles. The molecule has 4 rings (SSSR count). The third-order valence-electron chi connectivity index (χ3n) is 4.68. The van der Waals surface area contributed by atoms with Gasteiger partial charge in [0.2, 0.25) is 11.8 Å². The minimum absolute atomic E-state index is 0.0550. The maximum atomic E-state index is 12.8. The molecule has 0 spiro atoms. The van der Waals surface area contributed by atoms with Crippen LogP contribution in [0.1, 0.15) is 22.6 Å². The number of halogens is 3. The summed E-state index contributed by atoms with van der Waals surface area (Å²) in [7, 11) is 0. The van der Waals surface area contributed by atoms with Gasteiger partial charge in [-0.2, -0.15) is 13.2 Å². The summed E-state index contributed by atoms with van der Waals surface area (Å²) in [5.41, 5.74) is 2.63. The quantitative estimate of drug-likeness (QED) is 0.267. The second kappa shape index (κ2) is 9.21. The maximum Gasteiger partial charge on any atom is 0.416 e. The molecule has 10 nitrogen and oxygen atoms in total. The molecule has 3 aromatic heterocycles. The van der Waals surface area contributed by atoms with Crippen molar-refractivity contribution in [1.82, 2.24) is 25.4 Å². The van der Waals surface area contributed by atoms with Crippen LogP contribution in [0.25, 0.3) is 11.3 Å². The van der Waals surface area contributed by atoms with Crippen molar-refractivity contribution in [2.24, 2.45) is 4.99 Å². The van der Waals surface area contributed by atoms with Gasteiger partial charge >= 0.3 is 12.1 Å². The van der Waals surface area contributed by atoms with Gasteiger partial charge in [-0.25, -0.2) is 15.0 Å². The largest absolute Gasteiger partial charge is 0.846 e. The van der Waals surface area contributed by atoms with E-state index in [0.29, 0.717) is 11.4 Å². The Hall–Kier alpha value is -4.42. The molecule has 13 heteroatoms. The van der Waals surface area contributed by atoms with Crippen LogP contribution in [-0.2, 0) is 12.7 Å². The molecule has 0 radical (unpaired) electrons. The van der Waals surface area contributed by atoms with Gasteiger partial charge in [-0.3, -0.25) is 4.52 Å². The lowest BCUT2D eigenvalue weighted by Gasteiger charge is -2.14. The Morgan fingerprint density at radius 1 is 1.12 bits per heavy atom. The first-order valence-corrected chi connectivity index (χ1v) is 9.86. The van der Waals surface area contributed by atoms with Crippen molar-refractivity contribution >= 4 is 17.6 Å². The van der Waals surface area contributed by atoms with E-state index in [1.807, 2.05) is 13.8 Å². The Labute approximate surface area is 190 Å². The van der Waals surface area contributed by atoms with E-state index in [9.17, 15) is 18.3 Å². The number of alkyl halides is 3. The SMILES string of the molecule is Cc1ncnc(C)c1-c1ccc(C[n+]2cc(N=C([O-])Nc3cccc(C(F)(F)F)c3)on2)nn1. The number of benzene rings is 1. The molecule has 0 atom stereocenters. The van der Waals surface area contributed by atoms with Gasteiger partial charge in [-0.05, 0) is 48.9 Å². The molecule has 0 aliphatic rings. The summed E-state index contributed by atoms with van der Waals surface area (Å²) in [5, 5.41) is 26.5. The zero-order chi connectivity index (χ0) is 24.3. The van der Waals surface area contributed by atoms with Gasteiger partial charge in [0.15, 0.2) is 0 Å². The third-order valence-corrected chi connectivity index (χ3v) is 4.68. The van der Waals surface area contributed by atoms with Crippen molar-refractivity contribution in [3.63, 3.8) is 0 Å². The molecular formula is C21H17F3N8O2.